The molecular weight excluding hydrogens is 310 g/mol. The number of rotatable bonds is 6. The van der Waals surface area contributed by atoms with Crippen LogP contribution in [0.25, 0.3) is 22.5 Å². The standard InChI is InChI=1S/C21H23N3O/c1-3-4-10-18-19(15-8-6-5-7-9-15)23-21(22)24-20(18)16-11-13-17(25-2)14-12-16/h5-9,11-14H,3-4,10H2,1-2H3,(H2,22,23,24). The summed E-state index contributed by atoms with van der Waals surface area (Å²) in [7, 11) is 1.66. The highest BCUT2D eigenvalue weighted by Gasteiger charge is 2.16. The topological polar surface area (TPSA) is 61.0 Å². The lowest BCUT2D eigenvalue weighted by molar-refractivity contribution is 0.415. The molecule has 0 radical (unpaired) electrons. The Morgan fingerprint density at radius 1 is 0.880 bits per heavy atom. The van der Waals surface area contributed by atoms with Gasteiger partial charge in [0.25, 0.3) is 0 Å². The van der Waals surface area contributed by atoms with Crippen molar-refractivity contribution in [2.45, 2.75) is 26.2 Å². The number of nitrogen functional groups attached to an aromatic ring is 1. The SMILES string of the molecule is CCCCc1c(-c2ccccc2)nc(N)nc1-c1ccc(OC)cc1. The van der Waals surface area contributed by atoms with E-state index in [0.29, 0.717) is 5.95 Å². The van der Waals surface area contributed by atoms with Crippen molar-refractivity contribution < 1.29 is 4.74 Å². The minimum Gasteiger partial charge on any atom is -0.497 e. The maximum Gasteiger partial charge on any atom is 0.221 e. The van der Waals surface area contributed by atoms with E-state index >= 15 is 0 Å². The zero-order valence-corrected chi connectivity index (χ0v) is 14.7. The Labute approximate surface area is 148 Å². The summed E-state index contributed by atoms with van der Waals surface area (Å²) >= 11 is 0. The maximum absolute atomic E-state index is 6.04. The van der Waals surface area contributed by atoms with Gasteiger partial charge in [0.15, 0.2) is 0 Å². The van der Waals surface area contributed by atoms with Gasteiger partial charge in [-0.1, -0.05) is 43.7 Å². The Balaban J connectivity index is 2.17. The van der Waals surface area contributed by atoms with Crippen molar-refractivity contribution in [3.63, 3.8) is 0 Å². The number of unbranched alkanes of at least 4 members (excludes halogenated alkanes) is 1. The molecule has 25 heavy (non-hydrogen) atoms. The zero-order valence-electron chi connectivity index (χ0n) is 14.7. The molecule has 4 heteroatoms. The quantitative estimate of drug-likeness (QED) is 0.707. The summed E-state index contributed by atoms with van der Waals surface area (Å²) < 4.78 is 5.26. The summed E-state index contributed by atoms with van der Waals surface area (Å²) in [6.45, 7) is 2.19. The molecule has 3 aromatic rings. The van der Waals surface area contributed by atoms with Gasteiger partial charge < -0.3 is 10.5 Å². The second kappa shape index (κ2) is 7.79. The predicted octanol–water partition coefficient (Wildman–Crippen LogP) is 4.74. The number of hydrogen-bond donors (Lipinski definition) is 1. The van der Waals surface area contributed by atoms with Gasteiger partial charge in [0.1, 0.15) is 5.75 Å². The Hall–Kier alpha value is -2.88. The van der Waals surface area contributed by atoms with Crippen LogP contribution < -0.4 is 10.5 Å². The minimum atomic E-state index is 0.296. The number of hydrogen-bond acceptors (Lipinski definition) is 4. The third-order valence-corrected chi connectivity index (χ3v) is 4.22. The lowest BCUT2D eigenvalue weighted by Gasteiger charge is -2.15. The molecule has 0 aliphatic carbocycles. The van der Waals surface area contributed by atoms with Crippen LogP contribution in [0.5, 0.6) is 5.75 Å². The Morgan fingerprint density at radius 3 is 2.04 bits per heavy atom. The zero-order chi connectivity index (χ0) is 17.6. The van der Waals surface area contributed by atoms with Crippen LogP contribution in [0.15, 0.2) is 54.6 Å². The average molecular weight is 333 g/mol. The Kier molecular flexibility index (Phi) is 5.29. The van der Waals surface area contributed by atoms with E-state index in [-0.39, 0.29) is 0 Å². The number of anilines is 1. The summed E-state index contributed by atoms with van der Waals surface area (Å²) in [5.74, 6) is 1.12. The van der Waals surface area contributed by atoms with Crippen LogP contribution in [0.4, 0.5) is 5.95 Å². The van der Waals surface area contributed by atoms with E-state index in [4.69, 9.17) is 10.5 Å². The van der Waals surface area contributed by atoms with Gasteiger partial charge in [-0.15, -0.1) is 0 Å². The maximum atomic E-state index is 6.04. The van der Waals surface area contributed by atoms with Crippen LogP contribution >= 0.6 is 0 Å². The van der Waals surface area contributed by atoms with E-state index in [1.165, 1.54) is 0 Å². The van der Waals surface area contributed by atoms with Crippen molar-refractivity contribution in [1.29, 1.82) is 0 Å². The smallest absolute Gasteiger partial charge is 0.221 e. The van der Waals surface area contributed by atoms with Crippen molar-refractivity contribution in [3.05, 3.63) is 60.2 Å². The molecule has 0 amide bonds. The first-order valence-electron chi connectivity index (χ1n) is 8.59. The number of benzene rings is 2. The summed E-state index contributed by atoms with van der Waals surface area (Å²) in [6, 6.07) is 18.1. The van der Waals surface area contributed by atoms with Crippen molar-refractivity contribution in [1.82, 2.24) is 9.97 Å². The first-order chi connectivity index (χ1) is 12.2. The van der Waals surface area contributed by atoms with Crippen molar-refractivity contribution in [2.24, 2.45) is 0 Å². The van der Waals surface area contributed by atoms with E-state index in [1.54, 1.807) is 7.11 Å². The number of nitrogens with zero attached hydrogens (tertiary/aromatic N) is 2. The third kappa shape index (κ3) is 3.79. The number of nitrogens with two attached hydrogens (primary N) is 1. The van der Waals surface area contributed by atoms with Crippen molar-refractivity contribution in [2.75, 3.05) is 12.8 Å². The molecule has 0 fully saturated rings. The molecule has 0 bridgehead atoms. The monoisotopic (exact) mass is 333 g/mol. The fourth-order valence-electron chi connectivity index (χ4n) is 2.91. The van der Waals surface area contributed by atoms with E-state index in [2.05, 4.69) is 29.0 Å². The molecular formula is C21H23N3O. The normalized spacial score (nSPS) is 10.6. The molecule has 4 nitrogen and oxygen atoms in total. The van der Waals surface area contributed by atoms with Gasteiger partial charge in [0.2, 0.25) is 5.95 Å². The molecule has 2 aromatic carbocycles. The molecule has 0 atom stereocenters. The third-order valence-electron chi connectivity index (χ3n) is 4.22. The Morgan fingerprint density at radius 2 is 1.48 bits per heavy atom. The summed E-state index contributed by atoms with van der Waals surface area (Å²) in [5.41, 5.74) is 11.1. The van der Waals surface area contributed by atoms with E-state index < -0.39 is 0 Å². The first kappa shape index (κ1) is 17.0. The molecule has 0 unspecified atom stereocenters. The fourth-order valence-corrected chi connectivity index (χ4v) is 2.91. The molecule has 0 saturated carbocycles. The van der Waals surface area contributed by atoms with E-state index in [1.807, 2.05) is 42.5 Å². The van der Waals surface area contributed by atoms with Crippen LogP contribution in [0, 0.1) is 0 Å². The number of methoxy groups -OCH3 is 1. The highest BCUT2D eigenvalue weighted by molar-refractivity contribution is 5.75. The average Bonchev–Trinajstić information content (AvgIpc) is 2.67. The molecule has 0 aliphatic rings. The van der Waals surface area contributed by atoms with Crippen LogP contribution in [0.2, 0.25) is 0 Å². The van der Waals surface area contributed by atoms with Crippen LogP contribution in [0.1, 0.15) is 25.3 Å². The molecule has 0 saturated heterocycles. The minimum absolute atomic E-state index is 0.296. The second-order valence-electron chi connectivity index (χ2n) is 5.96. The van der Waals surface area contributed by atoms with Gasteiger partial charge in [-0.25, -0.2) is 9.97 Å². The molecule has 3 rings (SSSR count). The van der Waals surface area contributed by atoms with Crippen molar-refractivity contribution in [3.8, 4) is 28.3 Å². The molecule has 1 aromatic heterocycles. The van der Waals surface area contributed by atoms with Gasteiger partial charge in [0.05, 0.1) is 18.5 Å². The number of aromatic nitrogens is 2. The van der Waals surface area contributed by atoms with Crippen LogP contribution in [0.3, 0.4) is 0 Å². The molecule has 0 aliphatic heterocycles. The number of ether oxygens (including phenoxy) is 1. The lowest BCUT2D eigenvalue weighted by atomic mass is 9.96. The van der Waals surface area contributed by atoms with Crippen LogP contribution in [-0.4, -0.2) is 17.1 Å². The van der Waals surface area contributed by atoms with Gasteiger partial charge >= 0.3 is 0 Å². The van der Waals surface area contributed by atoms with Gasteiger partial charge in [0, 0.05) is 16.7 Å². The summed E-state index contributed by atoms with van der Waals surface area (Å²) in [4.78, 5) is 9.12. The second-order valence-corrected chi connectivity index (χ2v) is 5.96. The van der Waals surface area contributed by atoms with Gasteiger partial charge in [-0.3, -0.25) is 0 Å². The highest BCUT2D eigenvalue weighted by atomic mass is 16.5. The van der Waals surface area contributed by atoms with Crippen LogP contribution in [-0.2, 0) is 6.42 Å². The molecule has 1 heterocycles. The summed E-state index contributed by atoms with van der Waals surface area (Å²) in [5, 5.41) is 0. The summed E-state index contributed by atoms with van der Waals surface area (Å²) in [6.07, 6.45) is 3.11. The molecule has 2 N–H and O–H groups in total. The van der Waals surface area contributed by atoms with Gasteiger partial charge in [-0.05, 0) is 37.1 Å². The lowest BCUT2D eigenvalue weighted by Crippen LogP contribution is -2.05. The fraction of sp³-hybridized carbons (Fsp3) is 0.238. The highest BCUT2D eigenvalue weighted by Crippen LogP contribution is 2.32. The first-order valence-corrected chi connectivity index (χ1v) is 8.59. The molecule has 0 spiro atoms. The largest absolute Gasteiger partial charge is 0.497 e. The van der Waals surface area contributed by atoms with Crippen molar-refractivity contribution >= 4 is 5.95 Å². The Bertz CT molecular complexity index is 830. The van der Waals surface area contributed by atoms with E-state index in [0.717, 1.165) is 53.1 Å². The van der Waals surface area contributed by atoms with Gasteiger partial charge in [-0.2, -0.15) is 0 Å². The molecule has 128 valence electrons. The predicted molar refractivity (Wildman–Crippen MR) is 102 cm³/mol. The van der Waals surface area contributed by atoms with E-state index in [9.17, 15) is 0 Å².